The minimum atomic E-state index is -1.14. The van der Waals surface area contributed by atoms with Crippen LogP contribution in [0.1, 0.15) is 0 Å². The maximum atomic E-state index is 14.3. The van der Waals surface area contributed by atoms with Crippen LogP contribution in [0.2, 0.25) is 0 Å². The van der Waals surface area contributed by atoms with Crippen molar-refractivity contribution in [2.45, 2.75) is 4.90 Å². The SMILES string of the molecule is [C-]#[N+]c1cc(Oc2c(F)c(F)c3[nH]ccc3c2SC)ccc1F. The Morgan fingerprint density at radius 1 is 1.17 bits per heavy atom. The normalized spacial score (nSPS) is 10.7. The van der Waals surface area contributed by atoms with Gasteiger partial charge in [0.15, 0.2) is 11.6 Å². The number of fused-ring (bicyclic) bond motifs is 1. The largest absolute Gasteiger partial charge is 0.454 e. The first kappa shape index (κ1) is 15.3. The van der Waals surface area contributed by atoms with E-state index in [9.17, 15) is 13.2 Å². The summed E-state index contributed by atoms with van der Waals surface area (Å²) >= 11 is 1.20. The number of ether oxygens (including phenoxy) is 1. The van der Waals surface area contributed by atoms with Crippen LogP contribution in [0.15, 0.2) is 35.4 Å². The summed E-state index contributed by atoms with van der Waals surface area (Å²) < 4.78 is 47.2. The van der Waals surface area contributed by atoms with Crippen LogP contribution in [0.5, 0.6) is 11.5 Å². The molecule has 0 aliphatic carbocycles. The lowest BCUT2D eigenvalue weighted by molar-refractivity contribution is 0.409. The number of nitrogens with one attached hydrogen (secondary N) is 1. The van der Waals surface area contributed by atoms with Gasteiger partial charge in [-0.25, -0.2) is 13.6 Å². The molecular weight excluding hydrogens is 325 g/mol. The van der Waals surface area contributed by atoms with Crippen LogP contribution >= 0.6 is 11.8 Å². The first-order chi connectivity index (χ1) is 11.1. The molecule has 0 fully saturated rings. The van der Waals surface area contributed by atoms with E-state index in [-0.39, 0.29) is 22.7 Å². The molecule has 0 aliphatic heterocycles. The zero-order valence-corrected chi connectivity index (χ0v) is 12.6. The van der Waals surface area contributed by atoms with E-state index in [1.54, 1.807) is 12.3 Å². The molecule has 0 saturated carbocycles. The fourth-order valence-corrected chi connectivity index (χ4v) is 2.93. The molecule has 2 aromatic carbocycles. The van der Waals surface area contributed by atoms with Crippen molar-refractivity contribution in [1.82, 2.24) is 4.98 Å². The second kappa shape index (κ2) is 5.89. The minimum Gasteiger partial charge on any atom is -0.454 e. The van der Waals surface area contributed by atoms with Gasteiger partial charge in [-0.2, -0.15) is 4.39 Å². The Kier molecular flexibility index (Phi) is 3.92. The van der Waals surface area contributed by atoms with E-state index in [0.29, 0.717) is 10.3 Å². The van der Waals surface area contributed by atoms with Crippen LogP contribution in [0.4, 0.5) is 18.9 Å². The third kappa shape index (κ3) is 2.51. The molecule has 0 amide bonds. The summed E-state index contributed by atoms with van der Waals surface area (Å²) in [7, 11) is 0. The second-order valence-electron chi connectivity index (χ2n) is 4.58. The number of aromatic amines is 1. The maximum absolute atomic E-state index is 14.3. The summed E-state index contributed by atoms with van der Waals surface area (Å²) in [5.41, 5.74) is -0.197. The Morgan fingerprint density at radius 2 is 1.96 bits per heavy atom. The number of rotatable bonds is 3. The fourth-order valence-electron chi connectivity index (χ4n) is 2.22. The van der Waals surface area contributed by atoms with Gasteiger partial charge >= 0.3 is 0 Å². The van der Waals surface area contributed by atoms with Crippen LogP contribution in [-0.2, 0) is 0 Å². The highest BCUT2D eigenvalue weighted by atomic mass is 32.2. The average molecular weight is 334 g/mol. The Balaban J connectivity index is 2.16. The summed E-state index contributed by atoms with van der Waals surface area (Å²) in [6, 6.07) is 5.06. The lowest BCUT2D eigenvalue weighted by atomic mass is 10.2. The average Bonchev–Trinajstić information content (AvgIpc) is 3.04. The molecule has 0 radical (unpaired) electrons. The molecular formula is C16H9F3N2OS. The minimum absolute atomic E-state index is 0.0557. The smallest absolute Gasteiger partial charge is 0.225 e. The van der Waals surface area contributed by atoms with E-state index in [1.165, 1.54) is 24.0 Å². The molecule has 1 N–H and O–H groups in total. The van der Waals surface area contributed by atoms with E-state index < -0.39 is 17.5 Å². The summed E-state index contributed by atoms with van der Waals surface area (Å²) in [4.78, 5) is 6.07. The molecule has 7 heteroatoms. The molecule has 0 unspecified atom stereocenters. The number of nitrogens with zero attached hydrogens (tertiary/aromatic N) is 1. The van der Waals surface area contributed by atoms with Crippen LogP contribution in [0.3, 0.4) is 0 Å². The van der Waals surface area contributed by atoms with Gasteiger partial charge in [-0.3, -0.25) is 0 Å². The van der Waals surface area contributed by atoms with E-state index in [0.717, 1.165) is 12.1 Å². The molecule has 3 rings (SSSR count). The number of H-pyrrole nitrogens is 1. The summed E-state index contributed by atoms with van der Waals surface area (Å²) in [5.74, 6) is -3.13. The van der Waals surface area contributed by atoms with Crippen LogP contribution in [0.25, 0.3) is 15.7 Å². The number of hydrogen-bond acceptors (Lipinski definition) is 2. The van der Waals surface area contributed by atoms with Gasteiger partial charge in [-0.05, 0) is 30.5 Å². The summed E-state index contributed by atoms with van der Waals surface area (Å²) in [5, 5.41) is 0.485. The van der Waals surface area contributed by atoms with Crippen LogP contribution < -0.4 is 4.74 Å². The molecule has 3 aromatic rings. The van der Waals surface area contributed by atoms with Crippen molar-refractivity contribution in [2.75, 3.05) is 6.26 Å². The first-order valence-electron chi connectivity index (χ1n) is 6.43. The Labute approximate surface area is 133 Å². The molecule has 23 heavy (non-hydrogen) atoms. The molecule has 0 saturated heterocycles. The third-order valence-electron chi connectivity index (χ3n) is 3.27. The number of benzene rings is 2. The standard InChI is InChI=1S/C16H9F3N2OS/c1-20-11-7-8(3-4-10(11)17)22-15-13(19)12(18)14-9(5-6-21-14)16(15)23-2/h3-7,21H,2H3. The Morgan fingerprint density at radius 3 is 2.65 bits per heavy atom. The van der Waals surface area contributed by atoms with E-state index in [1.807, 2.05) is 0 Å². The van der Waals surface area contributed by atoms with Gasteiger partial charge in [-0.15, -0.1) is 11.8 Å². The van der Waals surface area contributed by atoms with Gasteiger partial charge in [0.25, 0.3) is 0 Å². The van der Waals surface area contributed by atoms with Crippen molar-refractivity contribution in [2.24, 2.45) is 0 Å². The van der Waals surface area contributed by atoms with Gasteiger partial charge in [0.2, 0.25) is 11.5 Å². The predicted octanol–water partition coefficient (Wildman–Crippen LogP) is 5.65. The lowest BCUT2D eigenvalue weighted by Gasteiger charge is -2.13. The fraction of sp³-hybridized carbons (Fsp3) is 0.0625. The highest BCUT2D eigenvalue weighted by molar-refractivity contribution is 7.99. The van der Waals surface area contributed by atoms with Crippen molar-refractivity contribution < 1.29 is 17.9 Å². The van der Waals surface area contributed by atoms with Gasteiger partial charge in [0.1, 0.15) is 11.6 Å². The molecule has 0 atom stereocenters. The molecule has 1 heterocycles. The monoisotopic (exact) mass is 334 g/mol. The van der Waals surface area contributed by atoms with E-state index >= 15 is 0 Å². The molecule has 3 nitrogen and oxygen atoms in total. The topological polar surface area (TPSA) is 29.4 Å². The highest BCUT2D eigenvalue weighted by Gasteiger charge is 2.22. The van der Waals surface area contributed by atoms with Crippen molar-refractivity contribution in [3.63, 3.8) is 0 Å². The van der Waals surface area contributed by atoms with Crippen molar-refractivity contribution >= 4 is 28.4 Å². The van der Waals surface area contributed by atoms with Gasteiger partial charge < -0.3 is 9.72 Å². The lowest BCUT2D eigenvalue weighted by Crippen LogP contribution is -1.96. The van der Waals surface area contributed by atoms with Gasteiger partial charge in [0.05, 0.1) is 17.0 Å². The maximum Gasteiger partial charge on any atom is 0.225 e. The van der Waals surface area contributed by atoms with Crippen LogP contribution in [-0.4, -0.2) is 11.2 Å². The quantitative estimate of drug-likeness (QED) is 0.495. The van der Waals surface area contributed by atoms with E-state index in [2.05, 4.69) is 9.83 Å². The van der Waals surface area contributed by atoms with Gasteiger partial charge in [-0.1, -0.05) is 0 Å². The number of aromatic nitrogens is 1. The van der Waals surface area contributed by atoms with Crippen molar-refractivity contribution in [1.29, 1.82) is 0 Å². The molecule has 0 bridgehead atoms. The Hall–Kier alpha value is -2.59. The molecule has 116 valence electrons. The third-order valence-corrected chi connectivity index (χ3v) is 4.09. The number of halogens is 3. The van der Waals surface area contributed by atoms with Crippen molar-refractivity contribution in [3.8, 4) is 11.5 Å². The number of thioether (sulfide) groups is 1. The zero-order chi connectivity index (χ0) is 16.6. The predicted molar refractivity (Wildman–Crippen MR) is 82.7 cm³/mol. The summed E-state index contributed by atoms with van der Waals surface area (Å²) in [6.45, 7) is 6.89. The molecule has 1 aromatic heterocycles. The second-order valence-corrected chi connectivity index (χ2v) is 5.40. The van der Waals surface area contributed by atoms with E-state index in [4.69, 9.17) is 11.3 Å². The number of hydrogen-bond donors (Lipinski definition) is 1. The van der Waals surface area contributed by atoms with Gasteiger partial charge in [0, 0.05) is 11.6 Å². The molecule has 0 aliphatic rings. The highest BCUT2D eigenvalue weighted by Crippen LogP contribution is 2.41. The Bertz CT molecular complexity index is 947. The first-order valence-corrected chi connectivity index (χ1v) is 7.66. The zero-order valence-electron chi connectivity index (χ0n) is 11.8. The van der Waals surface area contributed by atoms with Crippen LogP contribution in [0, 0.1) is 24.0 Å². The molecule has 0 spiro atoms. The summed E-state index contributed by atoms with van der Waals surface area (Å²) in [6.07, 6.45) is 3.22. The van der Waals surface area contributed by atoms with Crippen molar-refractivity contribution in [3.05, 3.63) is 59.3 Å².